The highest BCUT2D eigenvalue weighted by molar-refractivity contribution is 7.90. The third kappa shape index (κ3) is 4.49. The van der Waals surface area contributed by atoms with Gasteiger partial charge in [-0.15, -0.1) is 0 Å². The number of phenols is 1. The van der Waals surface area contributed by atoms with Gasteiger partial charge in [0.15, 0.2) is 9.84 Å². The average Bonchev–Trinajstić information content (AvgIpc) is 2.73. The van der Waals surface area contributed by atoms with Crippen molar-refractivity contribution in [2.75, 3.05) is 7.11 Å². The first-order valence-electron chi connectivity index (χ1n) is 8.84. The Bertz CT molecular complexity index is 1220. The van der Waals surface area contributed by atoms with Crippen molar-refractivity contribution in [3.8, 4) is 16.9 Å². The van der Waals surface area contributed by atoms with Crippen LogP contribution in [0.4, 0.5) is 0 Å². The van der Waals surface area contributed by atoms with Crippen molar-refractivity contribution in [3.05, 3.63) is 83.4 Å². The van der Waals surface area contributed by atoms with E-state index in [1.807, 2.05) is 0 Å². The van der Waals surface area contributed by atoms with E-state index in [0.29, 0.717) is 16.7 Å². The van der Waals surface area contributed by atoms with Gasteiger partial charge in [0.1, 0.15) is 11.3 Å². The molecule has 30 heavy (non-hydrogen) atoms. The monoisotopic (exact) mass is 425 g/mol. The van der Waals surface area contributed by atoms with Gasteiger partial charge in [0.25, 0.3) is 0 Å². The predicted octanol–water partition coefficient (Wildman–Crippen LogP) is 2.92. The third-order valence-corrected chi connectivity index (χ3v) is 6.21. The van der Waals surface area contributed by atoms with E-state index < -0.39 is 21.7 Å². The Balaban J connectivity index is 1.88. The van der Waals surface area contributed by atoms with Gasteiger partial charge in [-0.25, -0.2) is 13.2 Å². The highest BCUT2D eigenvalue weighted by Gasteiger charge is 2.19. The van der Waals surface area contributed by atoms with Crippen molar-refractivity contribution in [2.24, 2.45) is 5.73 Å². The third-order valence-electron chi connectivity index (χ3n) is 4.52. The Morgan fingerprint density at radius 3 is 2.27 bits per heavy atom. The second kappa shape index (κ2) is 8.38. The van der Waals surface area contributed by atoms with Gasteiger partial charge in [0.05, 0.1) is 17.8 Å². The van der Waals surface area contributed by atoms with Crippen molar-refractivity contribution in [1.82, 2.24) is 0 Å². The number of ether oxygens (including phenoxy) is 1. The van der Waals surface area contributed by atoms with Gasteiger partial charge in [0, 0.05) is 5.56 Å². The molecule has 0 aliphatic rings. The Hall–Kier alpha value is -3.65. The minimum Gasteiger partial charge on any atom is -0.507 e. The molecule has 0 spiro atoms. The maximum absolute atomic E-state index is 12.9. The van der Waals surface area contributed by atoms with Crippen LogP contribution in [0.3, 0.4) is 0 Å². The average molecular weight is 425 g/mol. The molecule has 8 heteroatoms. The van der Waals surface area contributed by atoms with Crippen LogP contribution in [-0.4, -0.2) is 32.5 Å². The maximum Gasteiger partial charge on any atom is 0.341 e. The first-order valence-corrected chi connectivity index (χ1v) is 10.5. The number of sulfone groups is 1. The fraction of sp³-hybridized carbons (Fsp3) is 0.0909. The fourth-order valence-corrected chi connectivity index (χ4v) is 4.33. The van der Waals surface area contributed by atoms with Crippen molar-refractivity contribution in [1.29, 1.82) is 0 Å². The zero-order valence-electron chi connectivity index (χ0n) is 16.0. The zero-order chi connectivity index (χ0) is 21.9. The molecule has 0 atom stereocenters. The molecule has 3 aromatic rings. The van der Waals surface area contributed by atoms with Crippen LogP contribution >= 0.6 is 0 Å². The molecule has 3 N–H and O–H groups in total. The van der Waals surface area contributed by atoms with E-state index in [-0.39, 0.29) is 22.0 Å². The Labute approximate surface area is 173 Å². The van der Waals surface area contributed by atoms with Crippen molar-refractivity contribution in [2.45, 2.75) is 10.6 Å². The number of carbonyl (C=O) groups excluding carboxylic acids is 2. The summed E-state index contributed by atoms with van der Waals surface area (Å²) in [5.41, 5.74) is 7.28. The molecule has 0 aromatic heterocycles. The van der Waals surface area contributed by atoms with Crippen molar-refractivity contribution in [3.63, 3.8) is 0 Å². The lowest BCUT2D eigenvalue weighted by Gasteiger charge is -2.09. The number of primary amides is 1. The molecule has 3 rings (SSSR count). The lowest BCUT2D eigenvalue weighted by Crippen LogP contribution is -2.10. The lowest BCUT2D eigenvalue weighted by molar-refractivity contribution is 0.0597. The molecular formula is C22H19NO6S. The number of phenolic OH excluding ortho intramolecular Hbond substituents is 1. The number of rotatable bonds is 6. The smallest absolute Gasteiger partial charge is 0.341 e. The summed E-state index contributed by atoms with van der Waals surface area (Å²) in [7, 11) is -2.53. The van der Waals surface area contributed by atoms with Crippen LogP contribution in [0.5, 0.6) is 5.75 Å². The molecule has 0 saturated heterocycles. The van der Waals surface area contributed by atoms with Gasteiger partial charge < -0.3 is 15.6 Å². The van der Waals surface area contributed by atoms with E-state index in [0.717, 1.165) is 5.56 Å². The van der Waals surface area contributed by atoms with E-state index >= 15 is 0 Å². The Kier molecular flexibility index (Phi) is 5.89. The zero-order valence-corrected chi connectivity index (χ0v) is 16.8. The molecule has 0 aliphatic heterocycles. The highest BCUT2D eigenvalue weighted by Crippen LogP contribution is 2.26. The highest BCUT2D eigenvalue weighted by atomic mass is 32.2. The van der Waals surface area contributed by atoms with Crippen LogP contribution in [0.25, 0.3) is 11.1 Å². The molecule has 0 heterocycles. The van der Waals surface area contributed by atoms with Gasteiger partial charge >= 0.3 is 5.97 Å². The Morgan fingerprint density at radius 1 is 0.967 bits per heavy atom. The number of nitrogens with two attached hydrogens (primary N) is 1. The van der Waals surface area contributed by atoms with Crippen LogP contribution in [0.1, 0.15) is 26.3 Å². The summed E-state index contributed by atoms with van der Waals surface area (Å²) in [6, 6.07) is 16.9. The number of amides is 1. The SMILES string of the molecule is COC(=O)c1ccc(CS(=O)(=O)c2cccc(-c3ccc(C(N)=O)cc3)c2)cc1O. The van der Waals surface area contributed by atoms with Gasteiger partial charge in [-0.3, -0.25) is 4.79 Å². The van der Waals surface area contributed by atoms with Crippen LogP contribution in [0, 0.1) is 0 Å². The minimum atomic E-state index is -3.72. The summed E-state index contributed by atoms with van der Waals surface area (Å²) in [4.78, 5) is 22.9. The van der Waals surface area contributed by atoms with Crippen molar-refractivity contribution < 1.29 is 27.9 Å². The first kappa shape index (κ1) is 21.1. The van der Waals surface area contributed by atoms with Gasteiger partial charge in [-0.2, -0.15) is 0 Å². The van der Waals surface area contributed by atoms with Gasteiger partial charge in [0.2, 0.25) is 5.91 Å². The maximum atomic E-state index is 12.9. The molecule has 0 saturated carbocycles. The molecule has 0 bridgehead atoms. The van der Waals surface area contributed by atoms with Crippen LogP contribution in [0.2, 0.25) is 0 Å². The summed E-state index contributed by atoms with van der Waals surface area (Å²) in [5.74, 6) is -1.96. The summed E-state index contributed by atoms with van der Waals surface area (Å²) < 4.78 is 30.3. The molecule has 7 nitrogen and oxygen atoms in total. The minimum absolute atomic E-state index is 0.0416. The molecular weight excluding hydrogens is 406 g/mol. The van der Waals surface area contributed by atoms with E-state index in [9.17, 15) is 23.1 Å². The van der Waals surface area contributed by atoms with Gasteiger partial charge in [-0.05, 0) is 53.1 Å². The van der Waals surface area contributed by atoms with Crippen molar-refractivity contribution >= 4 is 21.7 Å². The number of hydrogen-bond acceptors (Lipinski definition) is 6. The van der Waals surface area contributed by atoms with E-state index in [4.69, 9.17) is 5.73 Å². The van der Waals surface area contributed by atoms with E-state index in [2.05, 4.69) is 4.74 Å². The second-order valence-corrected chi connectivity index (χ2v) is 8.56. The number of esters is 1. The molecule has 1 amide bonds. The fourth-order valence-electron chi connectivity index (χ4n) is 2.95. The molecule has 154 valence electrons. The van der Waals surface area contributed by atoms with E-state index in [1.165, 1.54) is 37.4 Å². The molecule has 0 fully saturated rings. The quantitative estimate of drug-likeness (QED) is 0.585. The summed E-state index contributed by atoms with van der Waals surface area (Å²) in [6.45, 7) is 0. The van der Waals surface area contributed by atoms with E-state index in [1.54, 1.807) is 36.4 Å². The molecule has 0 radical (unpaired) electrons. The number of methoxy groups -OCH3 is 1. The standard InChI is InChI=1S/C22H19NO6S/c1-29-22(26)19-10-5-14(11-20(19)24)13-30(27,28)18-4-2-3-17(12-18)15-6-8-16(9-7-15)21(23)25/h2-12,24H,13H2,1H3,(H2,23,25). The molecule has 0 unspecified atom stereocenters. The Morgan fingerprint density at radius 2 is 1.67 bits per heavy atom. The van der Waals surface area contributed by atoms with Crippen LogP contribution < -0.4 is 5.73 Å². The predicted molar refractivity (Wildman–Crippen MR) is 111 cm³/mol. The number of hydrogen-bond donors (Lipinski definition) is 2. The number of aromatic hydroxyl groups is 1. The topological polar surface area (TPSA) is 124 Å². The molecule has 3 aromatic carbocycles. The van der Waals surface area contributed by atoms with Crippen LogP contribution in [-0.2, 0) is 20.3 Å². The van der Waals surface area contributed by atoms with Crippen LogP contribution in [0.15, 0.2) is 71.6 Å². The lowest BCUT2D eigenvalue weighted by atomic mass is 10.0. The summed E-state index contributed by atoms with van der Waals surface area (Å²) in [6.07, 6.45) is 0. The first-order chi connectivity index (χ1) is 14.2. The second-order valence-electron chi connectivity index (χ2n) is 6.57. The normalized spacial score (nSPS) is 11.1. The number of carbonyl (C=O) groups is 2. The summed E-state index contributed by atoms with van der Waals surface area (Å²) in [5, 5.41) is 9.99. The number of benzene rings is 3. The summed E-state index contributed by atoms with van der Waals surface area (Å²) >= 11 is 0. The largest absolute Gasteiger partial charge is 0.507 e. The van der Waals surface area contributed by atoms with Gasteiger partial charge in [-0.1, -0.05) is 30.3 Å². The molecule has 0 aliphatic carbocycles.